The molecule has 1 atom stereocenters. The van der Waals surface area contributed by atoms with Gasteiger partial charge in [-0.05, 0) is 13.0 Å². The average Bonchev–Trinajstić information content (AvgIpc) is 1.97. The summed E-state index contributed by atoms with van der Waals surface area (Å²) in [7, 11) is -6.53. The second-order valence-electron chi connectivity index (χ2n) is 2.43. The van der Waals surface area contributed by atoms with Crippen molar-refractivity contribution < 1.29 is 30.2 Å². The van der Waals surface area contributed by atoms with E-state index in [0.29, 0.717) is 6.04 Å². The van der Waals surface area contributed by atoms with Crippen LogP contribution in [0.25, 0.3) is 0 Å². The summed E-state index contributed by atoms with van der Waals surface area (Å²) in [5.74, 6) is 0. The Bertz CT molecular complexity index is 263. The summed E-state index contributed by atoms with van der Waals surface area (Å²) >= 11 is 0. The molecule has 0 spiro atoms. The fourth-order valence-electron chi connectivity index (χ4n) is 0.545. The van der Waals surface area contributed by atoms with Gasteiger partial charge in [0.1, 0.15) is 0 Å². The maximum absolute atomic E-state index is 11.8. The molecular weight excluding hydrogens is 241 g/mol. The van der Waals surface area contributed by atoms with Crippen molar-refractivity contribution in [2.45, 2.75) is 31.7 Å². The molecule has 0 N–H and O–H groups in total. The molecule has 14 heavy (non-hydrogen) atoms. The third kappa shape index (κ3) is 4.40. The van der Waals surface area contributed by atoms with Gasteiger partial charge in [-0.25, -0.2) is 4.18 Å². The number of halogens is 3. The van der Waals surface area contributed by atoms with E-state index in [-0.39, 0.29) is 0 Å². The fourth-order valence-corrected chi connectivity index (χ4v) is 1.80. The maximum Gasteiger partial charge on any atom is 0.523 e. The average molecular weight is 252 g/mol. The lowest BCUT2D eigenvalue weighted by molar-refractivity contribution is -0.0691. The van der Waals surface area contributed by atoms with E-state index in [9.17, 15) is 21.6 Å². The second kappa shape index (κ2) is 5.10. The van der Waals surface area contributed by atoms with E-state index in [1.807, 2.05) is 0 Å². The van der Waals surface area contributed by atoms with Gasteiger partial charge < -0.3 is 4.43 Å². The van der Waals surface area contributed by atoms with Crippen LogP contribution >= 0.6 is 0 Å². The summed E-state index contributed by atoms with van der Waals surface area (Å²) in [4.78, 5) is 0. The highest BCUT2D eigenvalue weighted by Crippen LogP contribution is 2.25. The van der Waals surface area contributed by atoms with Crippen molar-refractivity contribution >= 4 is 19.9 Å². The molecule has 0 radical (unpaired) electrons. The molecular formula is C5H11F3O4SSi. The Kier molecular flexibility index (Phi) is 5.05. The van der Waals surface area contributed by atoms with Crippen LogP contribution in [0.15, 0.2) is 0 Å². The Balaban J connectivity index is 4.24. The summed E-state index contributed by atoms with van der Waals surface area (Å²) in [5.41, 5.74) is -5.39. The second-order valence-corrected chi connectivity index (χ2v) is 5.74. The first-order chi connectivity index (χ1) is 6.20. The molecule has 0 aliphatic carbocycles. The Morgan fingerprint density at radius 1 is 1.43 bits per heavy atom. The lowest BCUT2D eigenvalue weighted by atomic mass is 10.8. The van der Waals surface area contributed by atoms with Gasteiger partial charge in [-0.1, -0.05) is 6.92 Å². The molecule has 4 nitrogen and oxygen atoms in total. The molecule has 0 aromatic rings. The van der Waals surface area contributed by atoms with Crippen LogP contribution < -0.4 is 0 Å². The monoisotopic (exact) mass is 252 g/mol. The predicted octanol–water partition coefficient (Wildman–Crippen LogP) is 0.737. The van der Waals surface area contributed by atoms with Crippen LogP contribution in [-0.2, 0) is 18.7 Å². The van der Waals surface area contributed by atoms with Crippen molar-refractivity contribution in [1.82, 2.24) is 0 Å². The van der Waals surface area contributed by atoms with Gasteiger partial charge in [-0.15, -0.1) is 0 Å². The third-order valence-corrected chi connectivity index (χ3v) is 3.31. The highest BCUT2D eigenvalue weighted by atomic mass is 32.2. The van der Waals surface area contributed by atoms with Crippen LogP contribution in [0.3, 0.4) is 0 Å². The van der Waals surface area contributed by atoms with Crippen molar-refractivity contribution in [3.8, 4) is 0 Å². The number of hydrogen-bond acceptors (Lipinski definition) is 4. The molecule has 0 aliphatic heterocycles. The molecule has 9 heteroatoms. The smallest absolute Gasteiger partial charge is 0.399 e. The Labute approximate surface area is 82.5 Å². The van der Waals surface area contributed by atoms with Crippen molar-refractivity contribution in [2.24, 2.45) is 0 Å². The van der Waals surface area contributed by atoms with Crippen molar-refractivity contribution in [3.63, 3.8) is 0 Å². The zero-order valence-corrected chi connectivity index (χ0v) is 9.90. The maximum atomic E-state index is 11.8. The van der Waals surface area contributed by atoms with Gasteiger partial charge in [0.2, 0.25) is 0 Å². The first kappa shape index (κ1) is 13.9. The van der Waals surface area contributed by atoms with Crippen LogP contribution in [0.2, 0.25) is 6.04 Å². The summed E-state index contributed by atoms with van der Waals surface area (Å²) < 4.78 is 64.6. The number of rotatable bonds is 5. The Hall–Kier alpha value is -0.123. The van der Waals surface area contributed by atoms with E-state index >= 15 is 0 Å². The fraction of sp³-hybridized carbons (Fsp3) is 1.00. The van der Waals surface area contributed by atoms with Gasteiger partial charge in [0, 0.05) is 0 Å². The first-order valence-electron chi connectivity index (χ1n) is 3.82. The third-order valence-electron chi connectivity index (χ3n) is 1.10. The molecule has 0 aliphatic rings. The van der Waals surface area contributed by atoms with Crippen LogP contribution in [0.4, 0.5) is 13.2 Å². The van der Waals surface area contributed by atoms with Crippen LogP contribution in [0.1, 0.15) is 13.8 Å². The van der Waals surface area contributed by atoms with Crippen molar-refractivity contribution in [3.05, 3.63) is 0 Å². The van der Waals surface area contributed by atoms with Gasteiger partial charge >= 0.3 is 15.6 Å². The largest absolute Gasteiger partial charge is 0.523 e. The molecule has 0 aromatic heterocycles. The van der Waals surface area contributed by atoms with Gasteiger partial charge in [0.05, 0.1) is 0 Å². The normalized spacial score (nSPS) is 16.4. The summed E-state index contributed by atoms with van der Waals surface area (Å²) in [6.07, 6.45) is -1.37. The molecule has 0 heterocycles. The van der Waals surface area contributed by atoms with E-state index in [2.05, 4.69) is 4.18 Å². The minimum absolute atomic E-state index is 0.694. The zero-order chi connectivity index (χ0) is 11.4. The van der Waals surface area contributed by atoms with Gasteiger partial charge in [-0.3, -0.25) is 0 Å². The van der Waals surface area contributed by atoms with Crippen LogP contribution in [0, 0.1) is 0 Å². The minimum Gasteiger partial charge on any atom is -0.399 e. The molecule has 0 fully saturated rings. The molecule has 0 aromatic carbocycles. The summed E-state index contributed by atoms with van der Waals surface area (Å²) in [6.45, 7) is 2.91. The van der Waals surface area contributed by atoms with E-state index in [0.717, 1.165) is 6.92 Å². The molecule has 0 saturated carbocycles. The summed E-state index contributed by atoms with van der Waals surface area (Å²) in [6, 6.07) is 0.694. The molecule has 0 amide bonds. The zero-order valence-electron chi connectivity index (χ0n) is 7.67. The Morgan fingerprint density at radius 3 is 2.29 bits per heavy atom. The summed E-state index contributed by atoms with van der Waals surface area (Å²) in [5, 5.41) is 0. The van der Waals surface area contributed by atoms with E-state index in [4.69, 9.17) is 4.43 Å². The standard InChI is InChI=1S/C5H11F3O4SSi/c1-3-14-12-4(2)11-13(9,10)5(6,7)8/h4H,3,14H2,1-2H3. The molecule has 1 unspecified atom stereocenters. The minimum atomic E-state index is -5.53. The lowest BCUT2D eigenvalue weighted by Gasteiger charge is -2.14. The van der Waals surface area contributed by atoms with Gasteiger partial charge in [-0.2, -0.15) is 21.6 Å². The van der Waals surface area contributed by atoms with Crippen molar-refractivity contribution in [2.75, 3.05) is 0 Å². The van der Waals surface area contributed by atoms with Crippen LogP contribution in [0.5, 0.6) is 0 Å². The molecule has 0 rings (SSSR count). The Morgan fingerprint density at radius 2 is 1.93 bits per heavy atom. The van der Waals surface area contributed by atoms with Crippen LogP contribution in [-0.4, -0.2) is 30.0 Å². The molecule has 86 valence electrons. The molecule has 0 bridgehead atoms. The highest BCUT2D eigenvalue weighted by molar-refractivity contribution is 7.87. The van der Waals surface area contributed by atoms with E-state index in [1.165, 1.54) is 0 Å². The number of hydrogen-bond donors (Lipinski definition) is 0. The number of alkyl halides is 3. The van der Waals surface area contributed by atoms with Gasteiger partial charge in [0.25, 0.3) is 0 Å². The topological polar surface area (TPSA) is 52.6 Å². The van der Waals surface area contributed by atoms with E-state index < -0.39 is 31.7 Å². The molecule has 0 saturated heterocycles. The van der Waals surface area contributed by atoms with Gasteiger partial charge in [0.15, 0.2) is 16.1 Å². The van der Waals surface area contributed by atoms with Crippen molar-refractivity contribution in [1.29, 1.82) is 0 Å². The predicted molar refractivity (Wildman–Crippen MR) is 45.6 cm³/mol. The van der Waals surface area contributed by atoms with E-state index in [1.54, 1.807) is 6.92 Å². The highest BCUT2D eigenvalue weighted by Gasteiger charge is 2.48. The SMILES string of the molecule is CC[SiH2]OC(C)OS(=O)(=O)C(F)(F)F. The lowest BCUT2D eigenvalue weighted by Crippen LogP contribution is -2.30. The first-order valence-corrected chi connectivity index (χ1v) is 6.80. The quantitative estimate of drug-likeness (QED) is 0.313.